The van der Waals surface area contributed by atoms with E-state index in [2.05, 4.69) is 4.98 Å². The topological polar surface area (TPSA) is 73.2 Å². The van der Waals surface area contributed by atoms with Gasteiger partial charge in [-0.1, -0.05) is 24.3 Å². The van der Waals surface area contributed by atoms with E-state index in [1.165, 1.54) is 11.8 Å². The number of amidine groups is 1. The molecule has 2 aromatic carbocycles. The van der Waals surface area contributed by atoms with Crippen LogP contribution in [0.4, 0.5) is 5.69 Å². The van der Waals surface area contributed by atoms with E-state index in [1.54, 1.807) is 23.4 Å². The minimum absolute atomic E-state index is 0.126. The number of benzene rings is 2. The van der Waals surface area contributed by atoms with Gasteiger partial charge in [-0.25, -0.2) is 4.99 Å². The number of hydrogen-bond acceptors (Lipinski definition) is 7. The molecule has 0 unspecified atom stereocenters. The van der Waals surface area contributed by atoms with E-state index >= 15 is 0 Å². The molecule has 3 heterocycles. The first-order valence-corrected chi connectivity index (χ1v) is 11.3. The van der Waals surface area contributed by atoms with Crippen LogP contribution in [-0.2, 0) is 11.3 Å². The van der Waals surface area contributed by atoms with Crippen LogP contribution in [0.3, 0.4) is 0 Å². The number of pyridine rings is 1. The largest absolute Gasteiger partial charge is 0.493 e. The predicted molar refractivity (Wildman–Crippen MR) is 128 cm³/mol. The van der Waals surface area contributed by atoms with Gasteiger partial charge in [-0.3, -0.25) is 14.7 Å². The zero-order chi connectivity index (χ0) is 22.6. The number of ether oxygens (including phenoxy) is 3. The van der Waals surface area contributed by atoms with Crippen molar-refractivity contribution < 1.29 is 19.0 Å². The molecule has 3 aromatic rings. The molecule has 1 saturated heterocycles. The second kappa shape index (κ2) is 9.38. The molecule has 8 heteroatoms. The fourth-order valence-corrected chi connectivity index (χ4v) is 4.48. The van der Waals surface area contributed by atoms with Gasteiger partial charge in [0.25, 0.3) is 5.91 Å². The van der Waals surface area contributed by atoms with E-state index in [-0.39, 0.29) is 12.7 Å². The van der Waals surface area contributed by atoms with Crippen LogP contribution in [0.15, 0.2) is 76.9 Å². The number of hydrogen-bond donors (Lipinski definition) is 0. The van der Waals surface area contributed by atoms with Crippen molar-refractivity contribution in [1.29, 1.82) is 0 Å². The zero-order valence-corrected chi connectivity index (χ0v) is 18.7. The Kier molecular flexibility index (Phi) is 5.99. The van der Waals surface area contributed by atoms with E-state index < -0.39 is 0 Å². The van der Waals surface area contributed by atoms with Crippen molar-refractivity contribution in [2.24, 2.45) is 4.99 Å². The summed E-state index contributed by atoms with van der Waals surface area (Å²) in [6.07, 6.45) is 5.29. The first-order valence-electron chi connectivity index (χ1n) is 10.5. The highest BCUT2D eigenvalue weighted by atomic mass is 32.2. The summed E-state index contributed by atoms with van der Waals surface area (Å²) in [4.78, 5) is 24.6. The first-order chi connectivity index (χ1) is 16.2. The molecule has 5 rings (SSSR count). The quantitative estimate of drug-likeness (QED) is 0.483. The Bertz CT molecular complexity index is 1230. The third-order valence-electron chi connectivity index (χ3n) is 5.02. The van der Waals surface area contributed by atoms with Gasteiger partial charge >= 0.3 is 0 Å². The Morgan fingerprint density at radius 3 is 2.73 bits per heavy atom. The van der Waals surface area contributed by atoms with Gasteiger partial charge in [-0.2, -0.15) is 0 Å². The minimum Gasteiger partial charge on any atom is -0.493 e. The van der Waals surface area contributed by atoms with E-state index in [4.69, 9.17) is 19.2 Å². The number of fused-ring (bicyclic) bond motifs is 1. The molecule has 0 bridgehead atoms. The lowest BCUT2D eigenvalue weighted by molar-refractivity contribution is -0.122. The molecule has 33 heavy (non-hydrogen) atoms. The maximum Gasteiger partial charge on any atom is 0.267 e. The molecular formula is C25H21N3O4S. The summed E-state index contributed by atoms with van der Waals surface area (Å²) in [6, 6.07) is 17.0. The Morgan fingerprint density at radius 1 is 1.15 bits per heavy atom. The van der Waals surface area contributed by atoms with Crippen molar-refractivity contribution in [2.45, 2.75) is 13.5 Å². The summed E-state index contributed by atoms with van der Waals surface area (Å²) in [6.45, 7) is 2.95. The molecular weight excluding hydrogens is 438 g/mol. The third-order valence-corrected chi connectivity index (χ3v) is 6.03. The van der Waals surface area contributed by atoms with Gasteiger partial charge < -0.3 is 14.2 Å². The van der Waals surface area contributed by atoms with Crippen LogP contribution >= 0.6 is 11.8 Å². The Morgan fingerprint density at radius 2 is 1.97 bits per heavy atom. The maximum absolute atomic E-state index is 13.5. The minimum atomic E-state index is -0.126. The van der Waals surface area contributed by atoms with Crippen molar-refractivity contribution in [1.82, 2.24) is 9.88 Å². The number of aromatic nitrogens is 1. The number of aliphatic imine (C=N–C) groups is 1. The molecule has 166 valence electrons. The van der Waals surface area contributed by atoms with Crippen LogP contribution in [0.5, 0.6) is 17.2 Å². The van der Waals surface area contributed by atoms with Gasteiger partial charge in [0.1, 0.15) is 5.75 Å². The number of thioether (sulfide) groups is 1. The average Bonchev–Trinajstić information content (AvgIpc) is 3.40. The van der Waals surface area contributed by atoms with Gasteiger partial charge in [-0.15, -0.1) is 0 Å². The summed E-state index contributed by atoms with van der Waals surface area (Å²) in [5.41, 5.74) is 2.45. The molecule has 0 N–H and O–H groups in total. The summed E-state index contributed by atoms with van der Waals surface area (Å²) >= 11 is 1.34. The highest BCUT2D eigenvalue weighted by Crippen LogP contribution is 2.41. The number of amides is 1. The molecule has 0 aliphatic carbocycles. The van der Waals surface area contributed by atoms with Crippen molar-refractivity contribution >= 4 is 34.6 Å². The van der Waals surface area contributed by atoms with Gasteiger partial charge in [-0.05, 0) is 54.6 Å². The van der Waals surface area contributed by atoms with E-state index in [1.807, 2.05) is 61.5 Å². The van der Waals surface area contributed by atoms with Crippen molar-refractivity contribution in [3.05, 3.63) is 83.0 Å². The molecule has 1 fully saturated rings. The summed E-state index contributed by atoms with van der Waals surface area (Å²) in [7, 11) is 0. The summed E-state index contributed by atoms with van der Waals surface area (Å²) in [5.74, 6) is 1.77. The van der Waals surface area contributed by atoms with Crippen LogP contribution in [0.1, 0.15) is 18.1 Å². The standard InChI is InChI=1S/C25H21N3O4S/c1-2-30-20-13-22-21(31-16-32-22)11-18(20)12-23-24(29)28(15-17-7-6-10-26-14-17)25(33-23)27-19-8-4-3-5-9-19/h3-14H,2,15-16H2,1H3/b23-12+,27-25?. The van der Waals surface area contributed by atoms with Crippen LogP contribution in [0, 0.1) is 0 Å². The van der Waals surface area contributed by atoms with Crippen LogP contribution in [-0.4, -0.2) is 34.4 Å². The molecule has 0 spiro atoms. The van der Waals surface area contributed by atoms with Crippen LogP contribution in [0.25, 0.3) is 6.08 Å². The first kappa shape index (κ1) is 21.1. The summed E-state index contributed by atoms with van der Waals surface area (Å²) in [5, 5.41) is 0.611. The van der Waals surface area contributed by atoms with Gasteiger partial charge in [0, 0.05) is 24.0 Å². The third kappa shape index (κ3) is 4.56. The number of para-hydroxylation sites is 1. The molecule has 0 radical (unpaired) electrons. The molecule has 1 amide bonds. The summed E-state index contributed by atoms with van der Waals surface area (Å²) < 4.78 is 16.8. The van der Waals surface area contributed by atoms with Gasteiger partial charge in [0.05, 0.1) is 23.7 Å². The Hall–Kier alpha value is -3.78. The average molecular weight is 460 g/mol. The molecule has 2 aliphatic rings. The van der Waals surface area contributed by atoms with Crippen LogP contribution in [0.2, 0.25) is 0 Å². The highest BCUT2D eigenvalue weighted by molar-refractivity contribution is 8.18. The predicted octanol–water partition coefficient (Wildman–Crippen LogP) is 5.01. The lowest BCUT2D eigenvalue weighted by atomic mass is 10.1. The number of carbonyl (C=O) groups is 1. The molecule has 7 nitrogen and oxygen atoms in total. The highest BCUT2D eigenvalue weighted by Gasteiger charge is 2.34. The van der Waals surface area contributed by atoms with Gasteiger partial charge in [0.2, 0.25) is 6.79 Å². The van der Waals surface area contributed by atoms with Crippen molar-refractivity contribution in [3.63, 3.8) is 0 Å². The van der Waals surface area contributed by atoms with Crippen LogP contribution < -0.4 is 14.2 Å². The molecule has 0 saturated carbocycles. The number of rotatable bonds is 6. The lowest BCUT2D eigenvalue weighted by Gasteiger charge is -2.15. The van der Waals surface area contributed by atoms with E-state index in [0.29, 0.717) is 40.5 Å². The molecule has 2 aliphatic heterocycles. The molecule has 0 atom stereocenters. The van der Waals surface area contributed by atoms with Gasteiger partial charge in [0.15, 0.2) is 16.7 Å². The maximum atomic E-state index is 13.5. The monoisotopic (exact) mass is 459 g/mol. The smallest absolute Gasteiger partial charge is 0.267 e. The normalized spacial score (nSPS) is 17.2. The fourth-order valence-electron chi connectivity index (χ4n) is 3.49. The zero-order valence-electron chi connectivity index (χ0n) is 17.9. The Balaban J connectivity index is 1.53. The lowest BCUT2D eigenvalue weighted by Crippen LogP contribution is -2.28. The van der Waals surface area contributed by atoms with Crippen molar-refractivity contribution in [3.8, 4) is 17.2 Å². The van der Waals surface area contributed by atoms with Crippen molar-refractivity contribution in [2.75, 3.05) is 13.4 Å². The number of carbonyl (C=O) groups excluding carboxylic acids is 1. The SMILES string of the molecule is CCOc1cc2c(cc1/C=C1/SC(=Nc3ccccc3)N(Cc3cccnc3)C1=O)OCO2. The number of nitrogens with zero attached hydrogens (tertiary/aromatic N) is 3. The second-order valence-electron chi connectivity index (χ2n) is 7.27. The van der Waals surface area contributed by atoms with E-state index in [0.717, 1.165) is 16.8 Å². The second-order valence-corrected chi connectivity index (χ2v) is 8.28. The van der Waals surface area contributed by atoms with E-state index in [9.17, 15) is 4.79 Å². The fraction of sp³-hybridized carbons (Fsp3) is 0.160. The molecule has 1 aromatic heterocycles. The Labute approximate surface area is 195 Å².